The minimum absolute atomic E-state index is 0.00341. The van der Waals surface area contributed by atoms with Crippen molar-refractivity contribution in [3.8, 4) is 0 Å². The summed E-state index contributed by atoms with van der Waals surface area (Å²) in [5, 5.41) is 2.68. The molecule has 3 unspecified atom stereocenters. The number of carbonyl (C=O) groups excluding carboxylic acids is 2. The topological polar surface area (TPSA) is 52.7 Å². The van der Waals surface area contributed by atoms with Crippen LogP contribution in [-0.4, -0.2) is 59.9 Å². The summed E-state index contributed by atoms with van der Waals surface area (Å²) >= 11 is 0. The number of hydrogen-bond acceptors (Lipinski definition) is 3. The first kappa shape index (κ1) is 13.3. The average Bonchev–Trinajstić information content (AvgIpc) is 2.35. The van der Waals surface area contributed by atoms with Gasteiger partial charge in [0, 0.05) is 18.6 Å². The number of hydrogen-bond donors (Lipinski definition) is 1. The fourth-order valence-corrected chi connectivity index (χ4v) is 3.03. The molecule has 2 amide bonds. The standard InChI is InChI=1S/C13H23N3O2/c1-4-11-13(18)14-8-12(17)16(11)10-5-6-15(3)9(2)7-10/h9-11H,4-8H2,1-3H3,(H,14,18). The molecule has 2 heterocycles. The molecule has 2 aliphatic rings. The van der Waals surface area contributed by atoms with Gasteiger partial charge in [-0.2, -0.15) is 0 Å². The third-order valence-corrected chi connectivity index (χ3v) is 4.30. The zero-order valence-electron chi connectivity index (χ0n) is 11.5. The van der Waals surface area contributed by atoms with Crippen LogP contribution in [0, 0.1) is 0 Å². The van der Waals surface area contributed by atoms with Gasteiger partial charge in [0.2, 0.25) is 11.8 Å². The van der Waals surface area contributed by atoms with Gasteiger partial charge in [0.25, 0.3) is 0 Å². The molecule has 0 aliphatic carbocycles. The largest absolute Gasteiger partial charge is 0.345 e. The summed E-state index contributed by atoms with van der Waals surface area (Å²) in [6.45, 7) is 5.31. The first-order valence-corrected chi connectivity index (χ1v) is 6.83. The summed E-state index contributed by atoms with van der Waals surface area (Å²) in [6, 6.07) is 0.422. The molecule has 0 saturated carbocycles. The Morgan fingerprint density at radius 1 is 1.39 bits per heavy atom. The van der Waals surface area contributed by atoms with Crippen LogP contribution in [0.4, 0.5) is 0 Å². The Balaban J connectivity index is 2.13. The SMILES string of the molecule is CCC1C(=O)NCC(=O)N1C1CCN(C)C(C)C1. The van der Waals surface area contributed by atoms with E-state index >= 15 is 0 Å². The third kappa shape index (κ3) is 2.36. The van der Waals surface area contributed by atoms with Crippen molar-refractivity contribution in [3.05, 3.63) is 0 Å². The minimum atomic E-state index is -0.271. The number of nitrogens with zero attached hydrogens (tertiary/aromatic N) is 2. The summed E-state index contributed by atoms with van der Waals surface area (Å²) in [5.74, 6) is 0.0758. The molecule has 2 rings (SSSR count). The second kappa shape index (κ2) is 5.26. The normalized spacial score (nSPS) is 34.6. The molecule has 5 nitrogen and oxygen atoms in total. The number of likely N-dealkylation sites (tertiary alicyclic amines) is 1. The molecule has 0 radical (unpaired) electrons. The first-order chi connectivity index (χ1) is 8.54. The van der Waals surface area contributed by atoms with Gasteiger partial charge in [0.15, 0.2) is 0 Å². The van der Waals surface area contributed by atoms with Crippen LogP contribution >= 0.6 is 0 Å². The van der Waals surface area contributed by atoms with Crippen LogP contribution in [0.2, 0.25) is 0 Å². The minimum Gasteiger partial charge on any atom is -0.345 e. The molecule has 2 fully saturated rings. The molecule has 0 aromatic rings. The van der Waals surface area contributed by atoms with E-state index in [0.29, 0.717) is 12.5 Å². The molecule has 18 heavy (non-hydrogen) atoms. The maximum absolute atomic E-state index is 12.1. The van der Waals surface area contributed by atoms with E-state index in [1.165, 1.54) is 0 Å². The van der Waals surface area contributed by atoms with Gasteiger partial charge in [-0.1, -0.05) is 6.92 Å². The molecule has 0 spiro atoms. The predicted octanol–water partition coefficient (Wildman–Crippen LogP) is 0.206. The summed E-state index contributed by atoms with van der Waals surface area (Å²) in [6.07, 6.45) is 2.63. The summed E-state index contributed by atoms with van der Waals surface area (Å²) in [4.78, 5) is 28.1. The molecule has 0 bridgehead atoms. The van der Waals surface area contributed by atoms with Gasteiger partial charge in [0.05, 0.1) is 6.54 Å². The Morgan fingerprint density at radius 3 is 2.72 bits per heavy atom. The lowest BCUT2D eigenvalue weighted by Crippen LogP contribution is -2.63. The van der Waals surface area contributed by atoms with E-state index in [4.69, 9.17) is 0 Å². The number of carbonyl (C=O) groups is 2. The van der Waals surface area contributed by atoms with E-state index < -0.39 is 0 Å². The predicted molar refractivity (Wildman–Crippen MR) is 69.0 cm³/mol. The molecule has 0 aromatic carbocycles. The van der Waals surface area contributed by atoms with Gasteiger partial charge in [-0.3, -0.25) is 9.59 Å². The number of nitrogens with one attached hydrogen (secondary N) is 1. The van der Waals surface area contributed by atoms with Crippen molar-refractivity contribution in [1.29, 1.82) is 0 Å². The first-order valence-electron chi connectivity index (χ1n) is 6.83. The van der Waals surface area contributed by atoms with Crippen molar-refractivity contribution in [2.75, 3.05) is 20.1 Å². The Bertz CT molecular complexity index is 345. The second-order valence-corrected chi connectivity index (χ2v) is 5.45. The number of rotatable bonds is 2. The van der Waals surface area contributed by atoms with E-state index in [1.54, 1.807) is 0 Å². The molecular weight excluding hydrogens is 230 g/mol. The van der Waals surface area contributed by atoms with E-state index in [1.807, 2.05) is 11.8 Å². The molecule has 1 N–H and O–H groups in total. The second-order valence-electron chi connectivity index (χ2n) is 5.45. The lowest BCUT2D eigenvalue weighted by atomic mass is 9.94. The van der Waals surface area contributed by atoms with Crippen molar-refractivity contribution < 1.29 is 9.59 Å². The average molecular weight is 253 g/mol. The van der Waals surface area contributed by atoms with E-state index in [9.17, 15) is 9.59 Å². The van der Waals surface area contributed by atoms with E-state index in [0.717, 1.165) is 19.4 Å². The smallest absolute Gasteiger partial charge is 0.243 e. The monoisotopic (exact) mass is 253 g/mol. The highest BCUT2D eigenvalue weighted by atomic mass is 16.2. The highest BCUT2D eigenvalue weighted by molar-refractivity contribution is 5.94. The van der Waals surface area contributed by atoms with Crippen molar-refractivity contribution in [3.63, 3.8) is 0 Å². The number of amides is 2. The molecule has 2 aliphatic heterocycles. The van der Waals surface area contributed by atoms with Gasteiger partial charge >= 0.3 is 0 Å². The maximum Gasteiger partial charge on any atom is 0.243 e. The summed E-state index contributed by atoms with van der Waals surface area (Å²) < 4.78 is 0. The summed E-state index contributed by atoms with van der Waals surface area (Å²) in [7, 11) is 2.11. The summed E-state index contributed by atoms with van der Waals surface area (Å²) in [5.41, 5.74) is 0. The van der Waals surface area contributed by atoms with Crippen LogP contribution in [0.1, 0.15) is 33.1 Å². The zero-order chi connectivity index (χ0) is 13.3. The van der Waals surface area contributed by atoms with Gasteiger partial charge in [-0.15, -0.1) is 0 Å². The van der Waals surface area contributed by atoms with Crippen molar-refractivity contribution in [1.82, 2.24) is 15.1 Å². The maximum atomic E-state index is 12.1. The Labute approximate surface area is 108 Å². The third-order valence-electron chi connectivity index (χ3n) is 4.30. The van der Waals surface area contributed by atoms with Crippen LogP contribution in [-0.2, 0) is 9.59 Å². The van der Waals surface area contributed by atoms with Gasteiger partial charge < -0.3 is 15.1 Å². The van der Waals surface area contributed by atoms with Crippen LogP contribution in [0.15, 0.2) is 0 Å². The van der Waals surface area contributed by atoms with Crippen LogP contribution in [0.5, 0.6) is 0 Å². The molecule has 102 valence electrons. The molecular formula is C13H23N3O2. The van der Waals surface area contributed by atoms with Crippen molar-refractivity contribution in [2.24, 2.45) is 0 Å². The Kier molecular flexibility index (Phi) is 3.90. The fraction of sp³-hybridized carbons (Fsp3) is 0.846. The van der Waals surface area contributed by atoms with Crippen molar-refractivity contribution in [2.45, 2.75) is 51.2 Å². The fourth-order valence-electron chi connectivity index (χ4n) is 3.03. The van der Waals surface area contributed by atoms with E-state index in [-0.39, 0.29) is 30.4 Å². The lowest BCUT2D eigenvalue weighted by Gasteiger charge is -2.45. The molecule has 0 aromatic heterocycles. The van der Waals surface area contributed by atoms with E-state index in [2.05, 4.69) is 24.2 Å². The van der Waals surface area contributed by atoms with Crippen LogP contribution < -0.4 is 5.32 Å². The Hall–Kier alpha value is -1.10. The van der Waals surface area contributed by atoms with Gasteiger partial charge in [-0.05, 0) is 33.2 Å². The van der Waals surface area contributed by atoms with Gasteiger partial charge in [0.1, 0.15) is 6.04 Å². The lowest BCUT2D eigenvalue weighted by molar-refractivity contribution is -0.150. The highest BCUT2D eigenvalue weighted by Gasteiger charge is 2.39. The van der Waals surface area contributed by atoms with Crippen LogP contribution in [0.3, 0.4) is 0 Å². The molecule has 2 saturated heterocycles. The van der Waals surface area contributed by atoms with Crippen LogP contribution in [0.25, 0.3) is 0 Å². The zero-order valence-corrected chi connectivity index (χ0v) is 11.5. The molecule has 3 atom stereocenters. The quantitative estimate of drug-likeness (QED) is 0.765. The van der Waals surface area contributed by atoms with Crippen molar-refractivity contribution >= 4 is 11.8 Å². The molecule has 5 heteroatoms. The highest BCUT2D eigenvalue weighted by Crippen LogP contribution is 2.24. The number of piperazine rings is 1. The number of piperidine rings is 1. The van der Waals surface area contributed by atoms with Gasteiger partial charge in [-0.25, -0.2) is 0 Å². The Morgan fingerprint density at radius 2 is 2.11 bits per heavy atom.